The van der Waals surface area contributed by atoms with Crippen LogP contribution in [-0.2, 0) is 11.2 Å². The Labute approximate surface area is 171 Å². The summed E-state index contributed by atoms with van der Waals surface area (Å²) in [6, 6.07) is 11.1. The first-order chi connectivity index (χ1) is 11.6. The second kappa shape index (κ2) is 13.4. The van der Waals surface area contributed by atoms with Crippen LogP contribution in [0.4, 0.5) is 0 Å². The number of likely N-dealkylation sites (N-methyl/N-ethyl adjacent to an activating group) is 1. The third-order valence-electron chi connectivity index (χ3n) is 5.24. The minimum Gasteiger partial charge on any atom is -0.354 e. The largest absolute Gasteiger partial charge is 0.354 e. The highest BCUT2D eigenvalue weighted by Gasteiger charge is 2.26. The molecule has 1 aliphatic rings. The van der Waals surface area contributed by atoms with Crippen molar-refractivity contribution in [3.63, 3.8) is 0 Å². The van der Waals surface area contributed by atoms with Crippen LogP contribution in [0.2, 0.25) is 0 Å². The molecule has 2 rings (SSSR count). The molecule has 0 radical (unpaired) electrons. The van der Waals surface area contributed by atoms with Gasteiger partial charge in [0.05, 0.1) is 0 Å². The van der Waals surface area contributed by atoms with Crippen LogP contribution >= 0.6 is 24.8 Å². The fourth-order valence-electron chi connectivity index (χ4n) is 3.79. The third-order valence-corrected chi connectivity index (χ3v) is 5.24. The van der Waals surface area contributed by atoms with Gasteiger partial charge in [0.1, 0.15) is 0 Å². The maximum Gasteiger partial charge on any atom is 0.223 e. The summed E-state index contributed by atoms with van der Waals surface area (Å²) in [5, 5.41) is 3.21. The number of halogens is 2. The van der Waals surface area contributed by atoms with Gasteiger partial charge in [-0.15, -0.1) is 24.8 Å². The number of rotatable bonds is 8. The van der Waals surface area contributed by atoms with Gasteiger partial charge in [-0.25, -0.2) is 0 Å². The van der Waals surface area contributed by atoms with E-state index in [0.717, 1.165) is 45.2 Å². The van der Waals surface area contributed by atoms with E-state index in [2.05, 4.69) is 48.3 Å². The summed E-state index contributed by atoms with van der Waals surface area (Å²) < 4.78 is 0. The topological polar surface area (TPSA) is 58.4 Å². The number of hydrogen-bond acceptors (Lipinski definition) is 3. The van der Waals surface area contributed by atoms with Crippen LogP contribution in [0.3, 0.4) is 0 Å². The van der Waals surface area contributed by atoms with Gasteiger partial charge in [0.2, 0.25) is 5.91 Å². The minimum absolute atomic E-state index is 0. The average Bonchev–Trinajstić information content (AvgIpc) is 2.61. The van der Waals surface area contributed by atoms with Gasteiger partial charge in [-0.05, 0) is 44.3 Å². The van der Waals surface area contributed by atoms with E-state index >= 15 is 0 Å². The Hall–Kier alpha value is -0.810. The van der Waals surface area contributed by atoms with Gasteiger partial charge < -0.3 is 11.1 Å². The van der Waals surface area contributed by atoms with Crippen molar-refractivity contribution in [2.24, 2.45) is 11.7 Å². The zero-order valence-corrected chi connectivity index (χ0v) is 17.7. The fourth-order valence-corrected chi connectivity index (χ4v) is 3.79. The van der Waals surface area contributed by atoms with Crippen LogP contribution in [0.15, 0.2) is 30.3 Å². The molecule has 0 saturated heterocycles. The van der Waals surface area contributed by atoms with Crippen molar-refractivity contribution in [3.05, 3.63) is 35.9 Å². The van der Waals surface area contributed by atoms with Gasteiger partial charge in [0.25, 0.3) is 0 Å². The Morgan fingerprint density at radius 2 is 1.85 bits per heavy atom. The van der Waals surface area contributed by atoms with Crippen LogP contribution in [0.1, 0.15) is 45.1 Å². The van der Waals surface area contributed by atoms with Crippen molar-refractivity contribution < 1.29 is 4.79 Å². The van der Waals surface area contributed by atoms with E-state index in [0.29, 0.717) is 12.6 Å². The van der Waals surface area contributed by atoms with Crippen LogP contribution in [0.5, 0.6) is 0 Å². The monoisotopic (exact) mass is 403 g/mol. The summed E-state index contributed by atoms with van der Waals surface area (Å²) in [6.07, 6.45) is 4.91. The van der Waals surface area contributed by atoms with Crippen LogP contribution in [-0.4, -0.2) is 42.5 Å². The van der Waals surface area contributed by atoms with Crippen molar-refractivity contribution in [2.45, 2.75) is 58.0 Å². The molecular weight excluding hydrogens is 369 g/mol. The standard InChI is InChI=1S/C20H33N3O.2ClH/c1-3-23(4-2)19(13-16-9-6-5-7-10-16)15-22-20(24)17-11-8-12-18(21)14-17;;/h5-7,9-10,17-19H,3-4,8,11-15,21H2,1-2H3,(H,22,24);2*1H. The zero-order chi connectivity index (χ0) is 17.4. The molecule has 1 saturated carbocycles. The minimum atomic E-state index is 0. The van der Waals surface area contributed by atoms with Crippen molar-refractivity contribution in [1.82, 2.24) is 10.2 Å². The van der Waals surface area contributed by atoms with E-state index < -0.39 is 0 Å². The summed E-state index contributed by atoms with van der Waals surface area (Å²) in [5.41, 5.74) is 7.35. The van der Waals surface area contributed by atoms with Gasteiger partial charge >= 0.3 is 0 Å². The smallest absolute Gasteiger partial charge is 0.223 e. The van der Waals surface area contributed by atoms with Crippen molar-refractivity contribution in [3.8, 4) is 0 Å². The van der Waals surface area contributed by atoms with E-state index in [1.807, 2.05) is 6.07 Å². The number of hydrogen-bond donors (Lipinski definition) is 2. The van der Waals surface area contributed by atoms with Gasteiger partial charge in [-0.3, -0.25) is 9.69 Å². The van der Waals surface area contributed by atoms with Crippen molar-refractivity contribution in [2.75, 3.05) is 19.6 Å². The highest BCUT2D eigenvalue weighted by atomic mass is 35.5. The number of carbonyl (C=O) groups is 1. The molecule has 3 N–H and O–H groups in total. The van der Waals surface area contributed by atoms with E-state index in [4.69, 9.17) is 5.73 Å². The van der Waals surface area contributed by atoms with Crippen LogP contribution < -0.4 is 11.1 Å². The molecule has 1 aliphatic carbocycles. The summed E-state index contributed by atoms with van der Waals surface area (Å²) in [7, 11) is 0. The predicted molar refractivity (Wildman–Crippen MR) is 114 cm³/mol. The first-order valence-electron chi connectivity index (χ1n) is 9.45. The molecule has 1 aromatic carbocycles. The van der Waals surface area contributed by atoms with E-state index in [1.54, 1.807) is 0 Å². The van der Waals surface area contributed by atoms with Crippen LogP contribution in [0.25, 0.3) is 0 Å². The van der Waals surface area contributed by atoms with Crippen LogP contribution in [0, 0.1) is 5.92 Å². The predicted octanol–water partition coefficient (Wildman–Crippen LogP) is 3.42. The average molecular weight is 404 g/mol. The molecule has 4 nitrogen and oxygen atoms in total. The van der Waals surface area contributed by atoms with Crippen molar-refractivity contribution >= 4 is 30.7 Å². The lowest BCUT2D eigenvalue weighted by atomic mass is 9.85. The number of amides is 1. The molecule has 6 heteroatoms. The molecule has 3 atom stereocenters. The van der Waals surface area contributed by atoms with Crippen molar-refractivity contribution in [1.29, 1.82) is 0 Å². The fraction of sp³-hybridized carbons (Fsp3) is 0.650. The van der Waals surface area contributed by atoms with E-state index in [1.165, 1.54) is 5.56 Å². The Balaban J connectivity index is 0.00000312. The maximum atomic E-state index is 12.5. The lowest BCUT2D eigenvalue weighted by Gasteiger charge is -2.31. The summed E-state index contributed by atoms with van der Waals surface area (Å²) >= 11 is 0. The number of nitrogens with two attached hydrogens (primary N) is 1. The number of carbonyl (C=O) groups excluding carboxylic acids is 1. The maximum absolute atomic E-state index is 12.5. The number of nitrogens with one attached hydrogen (secondary N) is 1. The van der Waals surface area contributed by atoms with Gasteiger partial charge in [0, 0.05) is 24.5 Å². The quantitative estimate of drug-likeness (QED) is 0.698. The molecule has 1 fully saturated rings. The highest BCUT2D eigenvalue weighted by molar-refractivity contribution is 5.85. The van der Waals surface area contributed by atoms with Gasteiger partial charge in [-0.2, -0.15) is 0 Å². The Morgan fingerprint density at radius 1 is 1.19 bits per heavy atom. The lowest BCUT2D eigenvalue weighted by molar-refractivity contribution is -0.126. The zero-order valence-electron chi connectivity index (χ0n) is 16.0. The second-order valence-corrected chi connectivity index (χ2v) is 6.93. The Bertz CT molecular complexity index is 497. The SMILES string of the molecule is CCN(CC)C(CNC(=O)C1CCCC(N)C1)Cc1ccccc1.Cl.Cl. The molecule has 0 bridgehead atoms. The molecule has 0 aromatic heterocycles. The molecule has 0 aliphatic heterocycles. The summed E-state index contributed by atoms with van der Waals surface area (Å²) in [6.45, 7) is 7.07. The molecular formula is C20H35Cl2N3O. The third kappa shape index (κ3) is 7.83. The first kappa shape index (κ1) is 25.2. The summed E-state index contributed by atoms with van der Waals surface area (Å²) in [5.74, 6) is 0.290. The summed E-state index contributed by atoms with van der Waals surface area (Å²) in [4.78, 5) is 14.9. The Kier molecular flexibility index (Phi) is 13.0. The molecule has 0 spiro atoms. The highest BCUT2D eigenvalue weighted by Crippen LogP contribution is 2.23. The number of benzene rings is 1. The number of nitrogens with zero attached hydrogens (tertiary/aromatic N) is 1. The molecule has 26 heavy (non-hydrogen) atoms. The van der Waals surface area contributed by atoms with E-state index in [9.17, 15) is 4.79 Å². The first-order valence-corrected chi connectivity index (χ1v) is 9.45. The molecule has 3 unspecified atom stereocenters. The second-order valence-electron chi connectivity index (χ2n) is 6.93. The van der Waals surface area contributed by atoms with Gasteiger partial charge in [-0.1, -0.05) is 50.6 Å². The Morgan fingerprint density at radius 3 is 2.42 bits per heavy atom. The van der Waals surface area contributed by atoms with E-state index in [-0.39, 0.29) is 42.7 Å². The molecule has 150 valence electrons. The van der Waals surface area contributed by atoms with Gasteiger partial charge in [0.15, 0.2) is 0 Å². The lowest BCUT2D eigenvalue weighted by Crippen LogP contribution is -2.47. The molecule has 1 aromatic rings. The molecule has 0 heterocycles. The normalized spacial score (nSPS) is 20.6. The molecule has 1 amide bonds.